The van der Waals surface area contributed by atoms with E-state index in [1.165, 1.54) is 18.6 Å². The van der Waals surface area contributed by atoms with Crippen LogP contribution in [0.4, 0.5) is 0 Å². The Morgan fingerprint density at radius 3 is 0.845 bits per heavy atom. The van der Waals surface area contributed by atoms with Crippen molar-refractivity contribution in [3.63, 3.8) is 0 Å². The summed E-state index contributed by atoms with van der Waals surface area (Å²) in [5, 5.41) is 54.7. The molecule has 0 aromatic carbocycles. The summed E-state index contributed by atoms with van der Waals surface area (Å²) in [6, 6.07) is 15.3. The molecule has 3 aromatic heterocycles. The van der Waals surface area contributed by atoms with Gasteiger partial charge in [-0.3, -0.25) is 58.7 Å². The number of aliphatic imine (C=N–C) groups is 3. The molecule has 0 saturated heterocycles. The second-order valence-electron chi connectivity index (χ2n) is 11.7. The van der Waals surface area contributed by atoms with E-state index in [2.05, 4.69) is 29.9 Å². The quantitative estimate of drug-likeness (QED) is 0.123. The number of aromatic nitrogens is 3. The van der Waals surface area contributed by atoms with Gasteiger partial charge in [-0.1, -0.05) is 18.2 Å². The first kappa shape index (κ1) is 46.4. The molecule has 0 radical (unpaired) electrons. The number of nitrogens with zero attached hydrogens (tertiary/aromatic N) is 6. The minimum atomic E-state index is -1.96. The third-order valence-electron chi connectivity index (χ3n) is 8.28. The molecule has 22 heteroatoms. The maximum absolute atomic E-state index is 11.2. The Balaban J connectivity index is 0.000000222. The van der Waals surface area contributed by atoms with Crippen molar-refractivity contribution in [1.82, 2.24) is 15.0 Å². The topological polar surface area (TPSA) is 300 Å². The number of carboxylic acids is 6. The van der Waals surface area contributed by atoms with Gasteiger partial charge in [0.25, 0.3) is 0 Å². The Kier molecular flexibility index (Phi) is 16.8. The third kappa shape index (κ3) is 11.5. The molecule has 6 rings (SSSR count). The number of carboxylic acid groups (broad SMARTS) is 6. The van der Waals surface area contributed by atoms with Crippen LogP contribution in [-0.2, 0) is 41.7 Å². The van der Waals surface area contributed by atoms with E-state index in [0.717, 1.165) is 18.2 Å². The van der Waals surface area contributed by atoms with Gasteiger partial charge in [0.2, 0.25) is 0 Å². The molecule has 6 N–H and O–H groups in total. The van der Waals surface area contributed by atoms with Gasteiger partial charge in [0.05, 0.1) is 34.2 Å². The van der Waals surface area contributed by atoms with Crippen LogP contribution in [0.2, 0.25) is 0 Å². The van der Waals surface area contributed by atoms with Crippen molar-refractivity contribution < 1.29 is 72.4 Å². The van der Waals surface area contributed by atoms with Crippen molar-refractivity contribution in [3.8, 4) is 0 Å². The fourth-order valence-electron chi connectivity index (χ4n) is 5.10. The van der Waals surface area contributed by atoms with E-state index in [-0.39, 0.29) is 19.3 Å². The van der Waals surface area contributed by atoms with E-state index in [0.29, 0.717) is 34.2 Å². The van der Waals surface area contributed by atoms with Gasteiger partial charge in [-0.15, -0.1) is 0 Å². The van der Waals surface area contributed by atoms with Crippen LogP contribution in [0.1, 0.15) is 36.3 Å². The number of hydrogen-bond acceptors (Lipinski definition) is 12. The summed E-state index contributed by atoms with van der Waals surface area (Å²) in [7, 11) is 14.8. The van der Waals surface area contributed by atoms with Crippen molar-refractivity contribution in [3.05, 3.63) is 127 Å². The van der Waals surface area contributed by atoms with Crippen LogP contribution in [0, 0.1) is 16.2 Å². The monoisotopic (exact) mass is 945 g/mol. The maximum atomic E-state index is 11.2. The second kappa shape index (κ2) is 21.0. The summed E-state index contributed by atoms with van der Waals surface area (Å²) >= 11 is -1.75. The van der Waals surface area contributed by atoms with Crippen LogP contribution in [0.15, 0.2) is 125 Å². The summed E-state index contributed by atoms with van der Waals surface area (Å²) < 4.78 is 0. The Morgan fingerprint density at radius 2 is 0.672 bits per heavy atom. The molecule has 0 bridgehead atoms. The fourth-order valence-corrected chi connectivity index (χ4v) is 5.10. The predicted molar refractivity (Wildman–Crippen MR) is 204 cm³/mol. The summed E-state index contributed by atoms with van der Waals surface area (Å²) in [5.74, 6) is -8.45. The first-order valence-electron chi connectivity index (χ1n) is 16.0. The first-order chi connectivity index (χ1) is 27.4. The van der Waals surface area contributed by atoms with Crippen LogP contribution < -0.4 is 0 Å². The Labute approximate surface area is 345 Å². The normalized spacial score (nSPS) is 16.6. The van der Waals surface area contributed by atoms with Gasteiger partial charge in [-0.25, -0.2) is 0 Å². The molecular weight excluding hydrogens is 916 g/mol. The SMILES string of the molecule is O=C(O)C1(C(=O)O)C=CN=C(c2ccccn2)C1.O=C(O)C1(C(=O)O)C=CN=C(c2ccccn2)C1.O=C(O)C1(C(=O)O)C=CN=C(c2ccccn2)C1.[Cl][Ru]([Cl])[Cl]. The standard InChI is InChI=1S/3C12H10N2O4.3ClH.Ru/c3*15-10(16)12(11(17)18)4-6-14-9(7-12)8-3-1-2-5-13-8;;;;/h3*1-6H,7H2,(H,15,16)(H,17,18);3*1H;/q;;;;;;+3/p-3. The van der Waals surface area contributed by atoms with Crippen LogP contribution in [-0.4, -0.2) is 98.5 Å². The van der Waals surface area contributed by atoms with Gasteiger partial charge < -0.3 is 30.6 Å². The Morgan fingerprint density at radius 1 is 0.448 bits per heavy atom. The first-order valence-corrected chi connectivity index (χ1v) is 22.7. The number of carbonyl (C=O) groups is 6. The molecule has 6 heterocycles. The number of pyridine rings is 3. The van der Waals surface area contributed by atoms with Crippen molar-refractivity contribution in [2.24, 2.45) is 31.2 Å². The summed E-state index contributed by atoms with van der Waals surface area (Å²) in [6.45, 7) is 0. The van der Waals surface area contributed by atoms with Gasteiger partial charge in [0.15, 0.2) is 16.2 Å². The van der Waals surface area contributed by atoms with E-state index < -0.39 is 65.0 Å². The summed E-state index contributed by atoms with van der Waals surface area (Å²) in [6.07, 6.45) is 10.8. The number of halogens is 3. The molecule has 3 aliphatic rings. The summed E-state index contributed by atoms with van der Waals surface area (Å²) in [5.41, 5.74) is -3.40. The van der Waals surface area contributed by atoms with Crippen LogP contribution in [0.25, 0.3) is 0 Å². The van der Waals surface area contributed by atoms with Gasteiger partial charge in [0, 0.05) is 56.5 Å². The van der Waals surface area contributed by atoms with E-state index in [9.17, 15) is 28.8 Å². The molecule has 0 fully saturated rings. The van der Waals surface area contributed by atoms with Crippen LogP contribution in [0.3, 0.4) is 0 Å². The Bertz CT molecular complexity index is 1920. The minimum absolute atomic E-state index is 0.217. The van der Waals surface area contributed by atoms with Crippen molar-refractivity contribution >= 4 is 82.0 Å². The zero-order valence-corrected chi connectivity index (χ0v) is 33.3. The molecule has 0 amide bonds. The number of hydrogen-bond donors (Lipinski definition) is 6. The molecule has 0 saturated carbocycles. The molecule has 0 spiro atoms. The fraction of sp³-hybridized carbons (Fsp3) is 0.167. The molecule has 0 aliphatic carbocycles. The van der Waals surface area contributed by atoms with Crippen molar-refractivity contribution in [2.75, 3.05) is 0 Å². The number of rotatable bonds is 9. The molecular formula is C36H30Cl3N6O12Ru. The third-order valence-corrected chi connectivity index (χ3v) is 8.28. The zero-order valence-electron chi connectivity index (χ0n) is 29.3. The van der Waals surface area contributed by atoms with Gasteiger partial charge in [-0.2, -0.15) is 0 Å². The number of aliphatic carboxylic acids is 6. The van der Waals surface area contributed by atoms with Gasteiger partial charge in [-0.05, 0) is 54.6 Å². The van der Waals surface area contributed by atoms with E-state index in [1.807, 2.05) is 0 Å². The van der Waals surface area contributed by atoms with Crippen LogP contribution >= 0.6 is 29.1 Å². The van der Waals surface area contributed by atoms with Crippen molar-refractivity contribution in [2.45, 2.75) is 19.3 Å². The van der Waals surface area contributed by atoms with E-state index >= 15 is 0 Å². The van der Waals surface area contributed by atoms with Crippen molar-refractivity contribution in [1.29, 1.82) is 0 Å². The molecule has 0 unspecified atom stereocenters. The van der Waals surface area contributed by atoms with E-state index in [4.69, 9.17) is 59.7 Å². The second-order valence-corrected chi connectivity index (χ2v) is 19.7. The molecule has 58 heavy (non-hydrogen) atoms. The summed E-state index contributed by atoms with van der Waals surface area (Å²) in [4.78, 5) is 91.3. The molecule has 3 aliphatic heterocycles. The average Bonchev–Trinajstić information content (AvgIpc) is 3.21. The Hall–Kier alpha value is -6.01. The van der Waals surface area contributed by atoms with Gasteiger partial charge in [0.1, 0.15) is 0 Å². The molecule has 0 atom stereocenters. The molecule has 18 nitrogen and oxygen atoms in total. The van der Waals surface area contributed by atoms with Crippen LogP contribution in [0.5, 0.6) is 0 Å². The van der Waals surface area contributed by atoms with Gasteiger partial charge >= 0.3 is 77.9 Å². The average molecular weight is 946 g/mol. The molecule has 305 valence electrons. The zero-order chi connectivity index (χ0) is 43.1. The predicted octanol–water partition coefficient (Wildman–Crippen LogP) is 4.90. The van der Waals surface area contributed by atoms with E-state index in [1.54, 1.807) is 73.2 Å². The molecule has 3 aromatic rings.